The van der Waals surface area contributed by atoms with Crippen molar-refractivity contribution < 1.29 is 13.6 Å². The van der Waals surface area contributed by atoms with Crippen molar-refractivity contribution in [2.24, 2.45) is 0 Å². The summed E-state index contributed by atoms with van der Waals surface area (Å²) in [6.45, 7) is -0.108. The molecule has 1 unspecified atom stereocenters. The Balaban J connectivity index is 1.69. The zero-order valence-corrected chi connectivity index (χ0v) is 14.0. The molecule has 0 N–H and O–H groups in total. The molecule has 1 saturated heterocycles. The molecule has 0 spiro atoms. The Morgan fingerprint density at radius 1 is 1.04 bits per heavy atom. The molecular formula is C19H14F2N2OS. The zero-order valence-electron chi connectivity index (χ0n) is 13.2. The normalized spacial score (nSPS) is 17.4. The van der Waals surface area contributed by atoms with E-state index in [0.717, 1.165) is 10.9 Å². The molecule has 0 aliphatic carbocycles. The highest BCUT2D eigenvalue weighted by Crippen LogP contribution is 2.39. The van der Waals surface area contributed by atoms with Crippen molar-refractivity contribution in [1.82, 2.24) is 9.88 Å². The van der Waals surface area contributed by atoms with Gasteiger partial charge in [0.25, 0.3) is 0 Å². The average molecular weight is 356 g/mol. The Hall–Kier alpha value is -2.47. The molecule has 2 aromatic carbocycles. The van der Waals surface area contributed by atoms with Gasteiger partial charge in [0.2, 0.25) is 5.91 Å². The molecule has 1 aromatic heterocycles. The second-order valence-corrected chi connectivity index (χ2v) is 6.88. The third kappa shape index (κ3) is 2.98. The molecule has 126 valence electrons. The van der Waals surface area contributed by atoms with E-state index in [1.807, 2.05) is 36.4 Å². The predicted molar refractivity (Wildman–Crippen MR) is 93.9 cm³/mol. The molecular weight excluding hydrogens is 342 g/mol. The maximum absolute atomic E-state index is 14.0. The van der Waals surface area contributed by atoms with Crippen molar-refractivity contribution in [3.63, 3.8) is 0 Å². The van der Waals surface area contributed by atoms with Gasteiger partial charge in [-0.1, -0.05) is 30.3 Å². The predicted octanol–water partition coefficient (Wildman–Crippen LogP) is 4.29. The van der Waals surface area contributed by atoms with Gasteiger partial charge in [-0.2, -0.15) is 0 Å². The lowest BCUT2D eigenvalue weighted by Gasteiger charge is -2.24. The maximum atomic E-state index is 14.0. The lowest BCUT2D eigenvalue weighted by molar-refractivity contribution is -0.128. The second-order valence-electron chi connectivity index (χ2n) is 5.81. The van der Waals surface area contributed by atoms with E-state index in [1.54, 1.807) is 0 Å². The van der Waals surface area contributed by atoms with E-state index >= 15 is 0 Å². The van der Waals surface area contributed by atoms with Crippen LogP contribution >= 0.6 is 11.8 Å². The number of benzene rings is 2. The number of rotatable bonds is 3. The van der Waals surface area contributed by atoms with Crippen LogP contribution in [0.3, 0.4) is 0 Å². The fraction of sp³-hybridized carbons (Fsp3) is 0.158. The van der Waals surface area contributed by atoms with E-state index in [4.69, 9.17) is 0 Å². The van der Waals surface area contributed by atoms with Crippen LogP contribution in [0.5, 0.6) is 0 Å². The number of nitrogens with zero attached hydrogens (tertiary/aromatic N) is 2. The van der Waals surface area contributed by atoms with Crippen molar-refractivity contribution >= 4 is 28.6 Å². The van der Waals surface area contributed by atoms with Crippen LogP contribution in [0.25, 0.3) is 10.9 Å². The molecule has 3 aromatic rings. The largest absolute Gasteiger partial charge is 0.320 e. The highest BCUT2D eigenvalue weighted by atomic mass is 32.2. The number of hydrogen-bond donors (Lipinski definition) is 0. The Bertz CT molecular complexity index is 943. The summed E-state index contributed by atoms with van der Waals surface area (Å²) in [5.41, 5.74) is 1.45. The van der Waals surface area contributed by atoms with Gasteiger partial charge in [0, 0.05) is 10.9 Å². The first-order valence-electron chi connectivity index (χ1n) is 7.83. The van der Waals surface area contributed by atoms with E-state index in [9.17, 15) is 13.6 Å². The monoisotopic (exact) mass is 356 g/mol. The molecule has 1 atom stereocenters. The number of amides is 1. The number of pyridine rings is 1. The number of thioether (sulfide) groups is 1. The summed E-state index contributed by atoms with van der Waals surface area (Å²) in [5.74, 6) is -1.16. The van der Waals surface area contributed by atoms with Crippen molar-refractivity contribution in [3.8, 4) is 0 Å². The van der Waals surface area contributed by atoms with Crippen LogP contribution in [0.1, 0.15) is 16.6 Å². The summed E-state index contributed by atoms with van der Waals surface area (Å²) in [7, 11) is 0. The van der Waals surface area contributed by atoms with Crippen LogP contribution in [0.2, 0.25) is 0 Å². The summed E-state index contributed by atoms with van der Waals surface area (Å²) in [4.78, 5) is 18.4. The number of hydrogen-bond acceptors (Lipinski definition) is 3. The number of aromatic nitrogens is 1. The molecule has 0 bridgehead atoms. The highest BCUT2D eigenvalue weighted by Gasteiger charge is 2.34. The summed E-state index contributed by atoms with van der Waals surface area (Å²) < 4.78 is 27.9. The third-order valence-corrected chi connectivity index (χ3v) is 5.46. The van der Waals surface area contributed by atoms with Crippen molar-refractivity contribution in [3.05, 3.63) is 77.5 Å². The van der Waals surface area contributed by atoms with Gasteiger partial charge in [-0.05, 0) is 24.3 Å². The van der Waals surface area contributed by atoms with Gasteiger partial charge in [0.05, 0.1) is 23.5 Å². The van der Waals surface area contributed by atoms with Crippen molar-refractivity contribution in [2.45, 2.75) is 11.9 Å². The van der Waals surface area contributed by atoms with Gasteiger partial charge in [0.15, 0.2) is 0 Å². The fourth-order valence-electron chi connectivity index (χ4n) is 2.94. The van der Waals surface area contributed by atoms with Crippen molar-refractivity contribution in [1.29, 1.82) is 0 Å². The number of para-hydroxylation sites is 1. The first-order chi connectivity index (χ1) is 12.1. The standard InChI is InChI=1S/C19H14F2N2OS/c20-14-5-3-6-15(21)13(14)10-23-18(24)11-25-19(23)17-9-8-12-4-1-2-7-16(12)22-17/h1-9,19H,10-11H2. The topological polar surface area (TPSA) is 33.2 Å². The van der Waals surface area contributed by atoms with Crippen LogP contribution in [0, 0.1) is 11.6 Å². The van der Waals surface area contributed by atoms with E-state index in [-0.39, 0.29) is 29.1 Å². The lowest BCUT2D eigenvalue weighted by atomic mass is 10.1. The van der Waals surface area contributed by atoms with Crippen LogP contribution in [-0.2, 0) is 11.3 Å². The number of carbonyl (C=O) groups excluding carboxylic acids is 1. The molecule has 1 amide bonds. The zero-order chi connectivity index (χ0) is 17.4. The minimum absolute atomic E-state index is 0.0934. The van der Waals surface area contributed by atoms with E-state index < -0.39 is 11.6 Å². The molecule has 1 aliphatic heterocycles. The quantitative estimate of drug-likeness (QED) is 0.702. The Kier molecular flexibility index (Phi) is 4.13. The second kappa shape index (κ2) is 6.44. The first kappa shape index (κ1) is 16.0. The average Bonchev–Trinajstić information content (AvgIpc) is 2.98. The lowest BCUT2D eigenvalue weighted by Crippen LogP contribution is -2.29. The molecule has 3 nitrogen and oxygen atoms in total. The summed E-state index contributed by atoms with van der Waals surface area (Å²) in [5, 5.41) is 0.656. The Labute approximate surface area is 147 Å². The highest BCUT2D eigenvalue weighted by molar-refractivity contribution is 8.00. The van der Waals surface area contributed by atoms with Gasteiger partial charge >= 0.3 is 0 Å². The van der Waals surface area contributed by atoms with Gasteiger partial charge in [-0.25, -0.2) is 13.8 Å². The molecule has 0 radical (unpaired) electrons. The van der Waals surface area contributed by atoms with Crippen molar-refractivity contribution in [2.75, 3.05) is 5.75 Å². The van der Waals surface area contributed by atoms with Gasteiger partial charge in [-0.3, -0.25) is 4.79 Å². The number of fused-ring (bicyclic) bond motifs is 1. The summed E-state index contributed by atoms with van der Waals surface area (Å²) in [6.07, 6.45) is 0. The third-order valence-electron chi connectivity index (χ3n) is 4.23. The molecule has 2 heterocycles. The van der Waals surface area contributed by atoms with Gasteiger partial charge in [-0.15, -0.1) is 11.8 Å². The fourth-order valence-corrected chi connectivity index (χ4v) is 4.08. The molecule has 1 aliphatic rings. The summed E-state index contributed by atoms with van der Waals surface area (Å²) >= 11 is 1.42. The van der Waals surface area contributed by atoms with Gasteiger partial charge in [0.1, 0.15) is 17.0 Å². The summed E-state index contributed by atoms with van der Waals surface area (Å²) in [6, 6.07) is 15.2. The minimum atomic E-state index is -0.644. The first-order valence-corrected chi connectivity index (χ1v) is 8.88. The van der Waals surface area contributed by atoms with E-state index in [1.165, 1.54) is 34.9 Å². The SMILES string of the molecule is O=C1CSC(c2ccc3ccccc3n2)N1Cc1c(F)cccc1F. The smallest absolute Gasteiger partial charge is 0.234 e. The number of halogens is 2. The van der Waals surface area contributed by atoms with Crippen LogP contribution in [0.15, 0.2) is 54.6 Å². The Morgan fingerprint density at radius 3 is 2.60 bits per heavy atom. The minimum Gasteiger partial charge on any atom is -0.320 e. The number of carbonyl (C=O) groups is 1. The van der Waals surface area contributed by atoms with E-state index in [2.05, 4.69) is 4.98 Å². The van der Waals surface area contributed by atoms with E-state index in [0.29, 0.717) is 5.69 Å². The Morgan fingerprint density at radius 2 is 1.80 bits per heavy atom. The van der Waals surface area contributed by atoms with Gasteiger partial charge < -0.3 is 4.90 Å². The molecule has 6 heteroatoms. The maximum Gasteiger partial charge on any atom is 0.234 e. The molecule has 25 heavy (non-hydrogen) atoms. The van der Waals surface area contributed by atoms with Crippen LogP contribution in [0.4, 0.5) is 8.78 Å². The van der Waals surface area contributed by atoms with Crippen LogP contribution < -0.4 is 0 Å². The molecule has 0 saturated carbocycles. The molecule has 1 fully saturated rings. The molecule has 4 rings (SSSR count). The van der Waals surface area contributed by atoms with Crippen LogP contribution in [-0.4, -0.2) is 21.5 Å².